The predicted molar refractivity (Wildman–Crippen MR) is 54.4 cm³/mol. The van der Waals surface area contributed by atoms with Crippen molar-refractivity contribution in [3.63, 3.8) is 0 Å². The molecule has 0 saturated carbocycles. The average Bonchev–Trinajstić information content (AvgIpc) is 2.82. The van der Waals surface area contributed by atoms with Crippen LogP contribution in [0.25, 0.3) is 0 Å². The molecule has 1 saturated heterocycles. The van der Waals surface area contributed by atoms with E-state index in [4.69, 9.17) is 5.73 Å². The fraction of sp³-hybridized carbons (Fsp3) is 0.333. The number of nitrogens with two attached hydrogens (primary N) is 1. The van der Waals surface area contributed by atoms with Gasteiger partial charge < -0.3 is 16.4 Å². The largest absolute Gasteiger partial charge is 0.365 e. The Labute approximate surface area is 86.1 Å². The lowest BCUT2D eigenvalue weighted by molar-refractivity contribution is 0.100. The molecule has 3 rings (SSSR count). The maximum Gasteiger partial charge on any atom is 0.254 e. The Morgan fingerprint density at radius 2 is 2.53 bits per heavy atom. The van der Waals surface area contributed by atoms with E-state index in [9.17, 15) is 4.79 Å². The van der Waals surface area contributed by atoms with Crippen LogP contribution in [-0.2, 0) is 0 Å². The maximum absolute atomic E-state index is 11.1. The van der Waals surface area contributed by atoms with Gasteiger partial charge in [-0.05, 0) is 5.57 Å². The van der Waals surface area contributed by atoms with Gasteiger partial charge in [-0.3, -0.25) is 4.79 Å². The molecule has 6 heteroatoms. The van der Waals surface area contributed by atoms with Crippen molar-refractivity contribution in [1.82, 2.24) is 15.1 Å². The Morgan fingerprint density at radius 1 is 1.67 bits per heavy atom. The molecule has 15 heavy (non-hydrogen) atoms. The molecular formula is C9H11N5O. The minimum absolute atomic E-state index is 0.217. The van der Waals surface area contributed by atoms with E-state index in [1.807, 2.05) is 10.9 Å². The second-order valence-corrected chi connectivity index (χ2v) is 3.73. The van der Waals surface area contributed by atoms with Gasteiger partial charge in [0.1, 0.15) is 11.4 Å². The Bertz CT molecular complexity index is 461. The van der Waals surface area contributed by atoms with Crippen molar-refractivity contribution in [3.8, 4) is 0 Å². The number of fused-ring (bicyclic) bond motifs is 3. The number of rotatable bonds is 1. The smallest absolute Gasteiger partial charge is 0.254 e. The van der Waals surface area contributed by atoms with E-state index in [1.165, 1.54) is 11.8 Å². The zero-order valence-corrected chi connectivity index (χ0v) is 8.03. The molecule has 0 radical (unpaired) electrons. The third-order valence-electron chi connectivity index (χ3n) is 2.85. The van der Waals surface area contributed by atoms with Crippen LogP contribution in [0.4, 0.5) is 5.82 Å². The molecule has 0 bridgehead atoms. The van der Waals surface area contributed by atoms with Crippen LogP contribution in [0.15, 0.2) is 18.0 Å². The summed E-state index contributed by atoms with van der Waals surface area (Å²) < 4.78 is 1.81. The van der Waals surface area contributed by atoms with Gasteiger partial charge in [0.25, 0.3) is 5.91 Å². The van der Waals surface area contributed by atoms with E-state index in [0.717, 1.165) is 13.1 Å². The zero-order chi connectivity index (χ0) is 10.4. The fourth-order valence-electron chi connectivity index (χ4n) is 2.08. The van der Waals surface area contributed by atoms with Gasteiger partial charge in [0.05, 0.1) is 12.2 Å². The van der Waals surface area contributed by atoms with Crippen LogP contribution in [0, 0.1) is 0 Å². The van der Waals surface area contributed by atoms with Gasteiger partial charge in [0.2, 0.25) is 0 Å². The number of anilines is 1. The van der Waals surface area contributed by atoms with E-state index >= 15 is 0 Å². The molecule has 2 aliphatic heterocycles. The first kappa shape index (κ1) is 8.49. The van der Waals surface area contributed by atoms with Gasteiger partial charge in [-0.2, -0.15) is 5.10 Å². The first-order chi connectivity index (χ1) is 7.27. The highest BCUT2D eigenvalue weighted by molar-refractivity contribution is 5.97. The number of nitrogens with one attached hydrogen (secondary N) is 2. The third kappa shape index (κ3) is 1.08. The van der Waals surface area contributed by atoms with Crippen LogP contribution < -0.4 is 16.4 Å². The van der Waals surface area contributed by atoms with Crippen molar-refractivity contribution in [2.24, 2.45) is 5.73 Å². The molecular weight excluding hydrogens is 194 g/mol. The molecule has 1 aromatic rings. The fourth-order valence-corrected chi connectivity index (χ4v) is 2.08. The predicted octanol–water partition coefficient (Wildman–Crippen LogP) is -0.564. The van der Waals surface area contributed by atoms with E-state index < -0.39 is 5.91 Å². The van der Waals surface area contributed by atoms with Crippen LogP contribution in [0.2, 0.25) is 0 Å². The van der Waals surface area contributed by atoms with Crippen molar-refractivity contribution >= 4 is 11.7 Å². The van der Waals surface area contributed by atoms with Crippen LogP contribution >= 0.6 is 0 Å². The Hall–Kier alpha value is -1.82. The number of aromatic nitrogens is 2. The van der Waals surface area contributed by atoms with Crippen molar-refractivity contribution in [1.29, 1.82) is 0 Å². The molecule has 0 aromatic carbocycles. The SMILES string of the molecule is NC(=O)c1cnn2c1NC=C1CNCC12. The highest BCUT2D eigenvalue weighted by atomic mass is 16.1. The Morgan fingerprint density at radius 3 is 3.33 bits per heavy atom. The standard InChI is InChI=1S/C9H11N5O/c10-8(15)6-3-13-14-7-4-11-1-5(7)2-12-9(6)14/h2-3,7,11-12H,1,4H2,(H2,10,15). The summed E-state index contributed by atoms with van der Waals surface area (Å²) in [6.07, 6.45) is 3.44. The molecule has 1 amide bonds. The second-order valence-electron chi connectivity index (χ2n) is 3.73. The number of hydrogen-bond donors (Lipinski definition) is 3. The minimum atomic E-state index is -0.452. The van der Waals surface area contributed by atoms with Gasteiger partial charge in [-0.15, -0.1) is 0 Å². The third-order valence-corrected chi connectivity index (χ3v) is 2.85. The monoisotopic (exact) mass is 205 g/mol. The maximum atomic E-state index is 11.1. The van der Waals surface area contributed by atoms with Crippen LogP contribution in [-0.4, -0.2) is 28.8 Å². The van der Waals surface area contributed by atoms with Crippen molar-refractivity contribution in [3.05, 3.63) is 23.5 Å². The summed E-state index contributed by atoms with van der Waals surface area (Å²) in [4.78, 5) is 11.1. The number of amides is 1. The van der Waals surface area contributed by atoms with Crippen molar-refractivity contribution in [2.75, 3.05) is 18.4 Å². The summed E-state index contributed by atoms with van der Waals surface area (Å²) in [7, 11) is 0. The topological polar surface area (TPSA) is 85.0 Å². The van der Waals surface area contributed by atoms with Gasteiger partial charge in [-0.1, -0.05) is 0 Å². The average molecular weight is 205 g/mol. The lowest BCUT2D eigenvalue weighted by atomic mass is 10.1. The highest BCUT2D eigenvalue weighted by Crippen LogP contribution is 2.30. The van der Waals surface area contributed by atoms with Crippen molar-refractivity contribution in [2.45, 2.75) is 6.04 Å². The Balaban J connectivity index is 2.10. The van der Waals surface area contributed by atoms with Gasteiger partial charge in [-0.25, -0.2) is 4.68 Å². The molecule has 4 N–H and O–H groups in total. The molecule has 2 aliphatic rings. The minimum Gasteiger partial charge on any atom is -0.365 e. The molecule has 3 heterocycles. The van der Waals surface area contributed by atoms with E-state index in [-0.39, 0.29) is 6.04 Å². The molecule has 0 spiro atoms. The summed E-state index contributed by atoms with van der Waals surface area (Å²) in [5.74, 6) is 0.242. The first-order valence-electron chi connectivity index (χ1n) is 4.81. The zero-order valence-electron chi connectivity index (χ0n) is 8.03. The molecule has 78 valence electrons. The number of primary amides is 1. The normalized spacial score (nSPS) is 22.7. The van der Waals surface area contributed by atoms with Crippen molar-refractivity contribution < 1.29 is 4.79 Å². The molecule has 1 atom stereocenters. The molecule has 6 nitrogen and oxygen atoms in total. The summed E-state index contributed by atoms with van der Waals surface area (Å²) >= 11 is 0. The van der Waals surface area contributed by atoms with Crippen LogP contribution in [0.1, 0.15) is 16.4 Å². The second kappa shape index (κ2) is 2.83. The lowest BCUT2D eigenvalue weighted by Gasteiger charge is -2.20. The quantitative estimate of drug-likeness (QED) is 0.573. The molecule has 1 unspecified atom stereocenters. The van der Waals surface area contributed by atoms with E-state index in [1.54, 1.807) is 0 Å². The van der Waals surface area contributed by atoms with Gasteiger partial charge in [0.15, 0.2) is 0 Å². The Kier molecular flexibility index (Phi) is 1.60. The summed E-state index contributed by atoms with van der Waals surface area (Å²) in [6.45, 7) is 1.71. The van der Waals surface area contributed by atoms with E-state index in [2.05, 4.69) is 15.7 Å². The lowest BCUT2D eigenvalue weighted by Crippen LogP contribution is -2.22. The summed E-state index contributed by atoms with van der Waals surface area (Å²) in [5, 5.41) is 10.5. The first-order valence-corrected chi connectivity index (χ1v) is 4.81. The highest BCUT2D eigenvalue weighted by Gasteiger charge is 2.30. The molecule has 1 fully saturated rings. The number of carbonyl (C=O) groups excluding carboxylic acids is 1. The molecule has 0 aliphatic carbocycles. The van der Waals surface area contributed by atoms with Crippen LogP contribution in [0.5, 0.6) is 0 Å². The summed E-state index contributed by atoms with van der Waals surface area (Å²) in [5.41, 5.74) is 6.94. The number of nitrogens with zero attached hydrogens (tertiary/aromatic N) is 2. The van der Waals surface area contributed by atoms with Crippen LogP contribution in [0.3, 0.4) is 0 Å². The number of hydrogen-bond acceptors (Lipinski definition) is 4. The van der Waals surface area contributed by atoms with E-state index in [0.29, 0.717) is 11.4 Å². The molecule has 1 aromatic heterocycles. The van der Waals surface area contributed by atoms with Gasteiger partial charge in [0, 0.05) is 19.3 Å². The summed E-state index contributed by atoms with van der Waals surface area (Å²) in [6, 6.07) is 0.217. The van der Waals surface area contributed by atoms with Gasteiger partial charge >= 0.3 is 0 Å². The number of carbonyl (C=O) groups is 1.